The van der Waals surface area contributed by atoms with E-state index in [9.17, 15) is 9.18 Å². The molecule has 120 valence electrons. The van der Waals surface area contributed by atoms with E-state index in [1.807, 2.05) is 11.0 Å². The summed E-state index contributed by atoms with van der Waals surface area (Å²) in [5.41, 5.74) is 0.928. The molecule has 0 bridgehead atoms. The van der Waals surface area contributed by atoms with E-state index in [4.69, 9.17) is 0 Å². The molecule has 2 heterocycles. The number of amides is 1. The lowest BCUT2D eigenvalue weighted by Gasteiger charge is -2.28. The van der Waals surface area contributed by atoms with Crippen molar-refractivity contribution in [3.8, 4) is 0 Å². The summed E-state index contributed by atoms with van der Waals surface area (Å²) < 4.78 is 15.4. The fourth-order valence-electron chi connectivity index (χ4n) is 3.48. The maximum Gasteiger partial charge on any atom is 0.226 e. The number of benzene rings is 1. The van der Waals surface area contributed by atoms with Gasteiger partial charge < -0.3 is 9.47 Å². The molecule has 2 aliphatic rings. The van der Waals surface area contributed by atoms with Crippen LogP contribution in [0.1, 0.15) is 36.5 Å². The van der Waals surface area contributed by atoms with Crippen LogP contribution < -0.4 is 0 Å². The highest BCUT2D eigenvalue weighted by molar-refractivity contribution is 5.83. The molecular weight excluding hydrogens is 295 g/mol. The molecule has 2 atom stereocenters. The number of hydrogen-bond acceptors (Lipinski definition) is 3. The lowest BCUT2D eigenvalue weighted by Crippen LogP contribution is -2.39. The highest BCUT2D eigenvalue weighted by atomic mass is 19.1. The van der Waals surface area contributed by atoms with Gasteiger partial charge in [0, 0.05) is 25.4 Å². The van der Waals surface area contributed by atoms with Crippen molar-refractivity contribution in [3.05, 3.63) is 47.3 Å². The average molecular weight is 314 g/mol. The summed E-state index contributed by atoms with van der Waals surface area (Å²) >= 11 is 0. The Morgan fingerprint density at radius 2 is 2.22 bits per heavy atom. The zero-order valence-electron chi connectivity index (χ0n) is 13.1. The van der Waals surface area contributed by atoms with E-state index in [0.717, 1.165) is 36.6 Å². The molecule has 1 amide bonds. The quantitative estimate of drug-likeness (QED) is 0.872. The summed E-state index contributed by atoms with van der Waals surface area (Å²) in [6.07, 6.45) is 1.66. The number of aryl methyl sites for hydroxylation is 1. The largest absolute Gasteiger partial charge is 0.333 e. The van der Waals surface area contributed by atoms with E-state index in [2.05, 4.69) is 21.7 Å². The summed E-state index contributed by atoms with van der Waals surface area (Å²) in [6, 6.07) is 6.59. The van der Waals surface area contributed by atoms with Crippen molar-refractivity contribution in [3.63, 3.8) is 0 Å². The zero-order chi connectivity index (χ0) is 16.0. The third kappa shape index (κ3) is 2.52. The first-order chi connectivity index (χ1) is 11.2. The molecule has 1 aliphatic carbocycles. The molecule has 4 rings (SSSR count). The van der Waals surface area contributed by atoms with E-state index in [-0.39, 0.29) is 23.6 Å². The van der Waals surface area contributed by atoms with Gasteiger partial charge in [-0.3, -0.25) is 4.79 Å². The zero-order valence-corrected chi connectivity index (χ0v) is 13.1. The first-order valence-electron chi connectivity index (χ1n) is 8.12. The molecule has 2 aromatic rings. The molecule has 23 heavy (non-hydrogen) atoms. The normalized spacial score (nSPS) is 22.8. The van der Waals surface area contributed by atoms with E-state index < -0.39 is 0 Å². The number of nitrogens with zero attached hydrogens (tertiary/aromatic N) is 4. The van der Waals surface area contributed by atoms with Crippen LogP contribution in [0.15, 0.2) is 24.3 Å². The summed E-state index contributed by atoms with van der Waals surface area (Å²) in [4.78, 5) is 14.6. The topological polar surface area (TPSA) is 51.0 Å². The maximum atomic E-state index is 13.3. The van der Waals surface area contributed by atoms with Crippen molar-refractivity contribution >= 4 is 5.91 Å². The van der Waals surface area contributed by atoms with Gasteiger partial charge in [-0.05, 0) is 30.0 Å². The Morgan fingerprint density at radius 3 is 3.00 bits per heavy atom. The Bertz CT molecular complexity index is 757. The monoisotopic (exact) mass is 314 g/mol. The van der Waals surface area contributed by atoms with Crippen LogP contribution >= 0.6 is 0 Å². The van der Waals surface area contributed by atoms with Crippen LogP contribution in [0.5, 0.6) is 0 Å². The minimum absolute atomic E-state index is 0.0167. The van der Waals surface area contributed by atoms with E-state index in [1.54, 1.807) is 6.07 Å². The number of carbonyl (C=O) groups is 1. The van der Waals surface area contributed by atoms with Crippen LogP contribution in [0.2, 0.25) is 0 Å². The third-order valence-corrected chi connectivity index (χ3v) is 4.84. The molecular formula is C17H19FN4O. The Hall–Kier alpha value is -2.24. The number of carbonyl (C=O) groups excluding carboxylic acids is 1. The minimum atomic E-state index is -0.237. The SMILES string of the molecule is CCc1nnc2n1CCN(C(=O)[C@H]1C[C@H]1c1cccc(F)c1)C2. The molecule has 1 fully saturated rings. The first kappa shape index (κ1) is 14.4. The molecule has 0 saturated heterocycles. The predicted molar refractivity (Wildman–Crippen MR) is 82.1 cm³/mol. The van der Waals surface area contributed by atoms with Crippen molar-refractivity contribution in [1.82, 2.24) is 19.7 Å². The van der Waals surface area contributed by atoms with E-state index in [0.29, 0.717) is 13.1 Å². The number of halogens is 1. The molecule has 1 aromatic heterocycles. The van der Waals surface area contributed by atoms with Gasteiger partial charge in [0.25, 0.3) is 0 Å². The molecule has 0 unspecified atom stereocenters. The Kier molecular flexibility index (Phi) is 3.39. The van der Waals surface area contributed by atoms with Crippen molar-refractivity contribution < 1.29 is 9.18 Å². The van der Waals surface area contributed by atoms with Crippen molar-refractivity contribution in [2.24, 2.45) is 5.92 Å². The van der Waals surface area contributed by atoms with Gasteiger partial charge in [0.2, 0.25) is 5.91 Å². The molecule has 0 spiro atoms. The average Bonchev–Trinajstić information content (AvgIpc) is 3.26. The molecule has 1 aromatic carbocycles. The Morgan fingerprint density at radius 1 is 1.35 bits per heavy atom. The van der Waals surface area contributed by atoms with Gasteiger partial charge in [-0.15, -0.1) is 10.2 Å². The summed E-state index contributed by atoms with van der Waals surface area (Å²) in [6.45, 7) is 4.04. The molecule has 6 heteroatoms. The number of fused-ring (bicyclic) bond motifs is 1. The van der Waals surface area contributed by atoms with Crippen molar-refractivity contribution in [1.29, 1.82) is 0 Å². The van der Waals surface area contributed by atoms with Gasteiger partial charge in [-0.1, -0.05) is 19.1 Å². The van der Waals surface area contributed by atoms with Gasteiger partial charge in [0.1, 0.15) is 11.6 Å². The fraction of sp³-hybridized carbons (Fsp3) is 0.471. The third-order valence-electron chi connectivity index (χ3n) is 4.84. The van der Waals surface area contributed by atoms with Gasteiger partial charge in [0.05, 0.1) is 6.54 Å². The van der Waals surface area contributed by atoms with Crippen molar-refractivity contribution in [2.45, 2.75) is 38.8 Å². The molecule has 0 radical (unpaired) electrons. The second kappa shape index (κ2) is 5.44. The van der Waals surface area contributed by atoms with Gasteiger partial charge in [-0.2, -0.15) is 0 Å². The predicted octanol–water partition coefficient (Wildman–Crippen LogP) is 2.13. The van der Waals surface area contributed by atoms with Crippen LogP contribution in [-0.2, 0) is 24.3 Å². The fourth-order valence-corrected chi connectivity index (χ4v) is 3.48. The lowest BCUT2D eigenvalue weighted by molar-refractivity contribution is -0.134. The second-order valence-electron chi connectivity index (χ2n) is 6.30. The first-order valence-corrected chi connectivity index (χ1v) is 8.12. The van der Waals surface area contributed by atoms with Crippen LogP contribution in [0.25, 0.3) is 0 Å². The van der Waals surface area contributed by atoms with Crippen LogP contribution in [-0.4, -0.2) is 32.1 Å². The van der Waals surface area contributed by atoms with Crippen LogP contribution in [0, 0.1) is 11.7 Å². The number of rotatable bonds is 3. The van der Waals surface area contributed by atoms with Crippen molar-refractivity contribution in [2.75, 3.05) is 6.54 Å². The summed E-state index contributed by atoms with van der Waals surface area (Å²) in [5.74, 6) is 1.91. The van der Waals surface area contributed by atoms with E-state index in [1.165, 1.54) is 12.1 Å². The van der Waals surface area contributed by atoms with Gasteiger partial charge >= 0.3 is 0 Å². The Labute approximate surface area is 134 Å². The Balaban J connectivity index is 1.45. The molecule has 5 nitrogen and oxygen atoms in total. The smallest absolute Gasteiger partial charge is 0.226 e. The van der Waals surface area contributed by atoms with Crippen LogP contribution in [0.4, 0.5) is 4.39 Å². The number of aromatic nitrogens is 3. The highest BCUT2D eigenvalue weighted by Gasteiger charge is 2.46. The standard InChI is InChI=1S/C17H19FN4O/c1-2-15-19-20-16-10-21(6-7-22(15)16)17(23)14-9-13(14)11-4-3-5-12(18)8-11/h3-5,8,13-14H,2,6-7,9-10H2,1H3/t13-,14-/m0/s1. The maximum absolute atomic E-state index is 13.3. The lowest BCUT2D eigenvalue weighted by atomic mass is 10.1. The summed E-state index contributed by atoms with van der Waals surface area (Å²) in [7, 11) is 0. The number of hydrogen-bond donors (Lipinski definition) is 0. The molecule has 0 N–H and O–H groups in total. The summed E-state index contributed by atoms with van der Waals surface area (Å²) in [5, 5.41) is 8.37. The van der Waals surface area contributed by atoms with Gasteiger partial charge in [-0.25, -0.2) is 4.39 Å². The van der Waals surface area contributed by atoms with Gasteiger partial charge in [0.15, 0.2) is 5.82 Å². The van der Waals surface area contributed by atoms with Crippen LogP contribution in [0.3, 0.4) is 0 Å². The molecule has 1 aliphatic heterocycles. The minimum Gasteiger partial charge on any atom is -0.333 e. The molecule has 1 saturated carbocycles. The highest BCUT2D eigenvalue weighted by Crippen LogP contribution is 2.48. The van der Waals surface area contributed by atoms with E-state index >= 15 is 0 Å². The second-order valence-corrected chi connectivity index (χ2v) is 6.30.